The SMILES string of the molecule is O=C(NCCN1CCNCC1)c1ccc(SC(F)(F)F)cc1. The van der Waals surface area contributed by atoms with Crippen LogP contribution < -0.4 is 10.6 Å². The highest BCUT2D eigenvalue weighted by Crippen LogP contribution is 2.36. The Bertz CT molecular complexity index is 487. The molecule has 1 aliphatic heterocycles. The molecule has 0 spiro atoms. The molecule has 1 amide bonds. The summed E-state index contributed by atoms with van der Waals surface area (Å²) in [5.74, 6) is -0.265. The van der Waals surface area contributed by atoms with Crippen LogP contribution >= 0.6 is 11.8 Å². The smallest absolute Gasteiger partial charge is 0.351 e. The Kier molecular flexibility index (Phi) is 6.10. The van der Waals surface area contributed by atoms with Crippen LogP contribution in [0.5, 0.6) is 0 Å². The Morgan fingerprint density at radius 2 is 1.86 bits per heavy atom. The quantitative estimate of drug-likeness (QED) is 0.809. The van der Waals surface area contributed by atoms with Crippen molar-refractivity contribution < 1.29 is 18.0 Å². The van der Waals surface area contributed by atoms with E-state index in [1.54, 1.807) is 0 Å². The molecule has 1 aromatic carbocycles. The number of halogens is 3. The molecule has 0 aliphatic carbocycles. The van der Waals surface area contributed by atoms with Gasteiger partial charge in [-0.05, 0) is 36.0 Å². The second-order valence-electron chi connectivity index (χ2n) is 4.92. The minimum atomic E-state index is -4.31. The number of carbonyl (C=O) groups excluding carboxylic acids is 1. The molecule has 1 fully saturated rings. The summed E-state index contributed by atoms with van der Waals surface area (Å²) in [7, 11) is 0. The fourth-order valence-electron chi connectivity index (χ4n) is 2.17. The lowest BCUT2D eigenvalue weighted by Gasteiger charge is -2.27. The molecule has 0 saturated carbocycles. The van der Waals surface area contributed by atoms with E-state index in [4.69, 9.17) is 0 Å². The fraction of sp³-hybridized carbons (Fsp3) is 0.500. The molecule has 22 heavy (non-hydrogen) atoms. The maximum atomic E-state index is 12.2. The normalized spacial score (nSPS) is 16.5. The molecule has 2 rings (SSSR count). The first-order chi connectivity index (χ1) is 10.4. The van der Waals surface area contributed by atoms with Gasteiger partial charge in [-0.1, -0.05) is 0 Å². The largest absolute Gasteiger partial charge is 0.446 e. The van der Waals surface area contributed by atoms with Crippen molar-refractivity contribution in [2.75, 3.05) is 39.3 Å². The lowest BCUT2D eigenvalue weighted by atomic mass is 10.2. The van der Waals surface area contributed by atoms with E-state index in [9.17, 15) is 18.0 Å². The number of nitrogens with zero attached hydrogens (tertiary/aromatic N) is 1. The second-order valence-corrected chi connectivity index (χ2v) is 6.06. The zero-order valence-corrected chi connectivity index (χ0v) is 12.8. The molecule has 0 radical (unpaired) electrons. The molecule has 1 heterocycles. The summed E-state index contributed by atoms with van der Waals surface area (Å²) in [5.41, 5.74) is -3.94. The fourth-order valence-corrected chi connectivity index (χ4v) is 2.71. The number of benzene rings is 1. The highest BCUT2D eigenvalue weighted by molar-refractivity contribution is 8.00. The molecule has 1 aromatic rings. The number of alkyl halides is 3. The standard InChI is InChI=1S/C14H18F3N3OS/c15-14(16,17)22-12-3-1-11(2-4-12)13(21)19-7-10-20-8-5-18-6-9-20/h1-4,18H,5-10H2,(H,19,21). The maximum Gasteiger partial charge on any atom is 0.446 e. The Labute approximate surface area is 131 Å². The zero-order valence-electron chi connectivity index (χ0n) is 11.9. The minimum absolute atomic E-state index is 0.0740. The molecule has 4 nitrogen and oxygen atoms in total. The van der Waals surface area contributed by atoms with Gasteiger partial charge in [-0.2, -0.15) is 13.2 Å². The zero-order chi connectivity index (χ0) is 16.0. The van der Waals surface area contributed by atoms with Crippen LogP contribution in [0, 0.1) is 0 Å². The number of thioether (sulfide) groups is 1. The first-order valence-electron chi connectivity index (χ1n) is 7.01. The van der Waals surface area contributed by atoms with Gasteiger partial charge in [0.05, 0.1) is 0 Å². The molecular weight excluding hydrogens is 315 g/mol. The molecule has 1 aliphatic rings. The number of hydrogen-bond acceptors (Lipinski definition) is 4. The van der Waals surface area contributed by atoms with Crippen molar-refractivity contribution in [2.45, 2.75) is 10.4 Å². The van der Waals surface area contributed by atoms with Crippen molar-refractivity contribution in [3.63, 3.8) is 0 Å². The monoisotopic (exact) mass is 333 g/mol. The lowest BCUT2D eigenvalue weighted by molar-refractivity contribution is -0.0328. The summed E-state index contributed by atoms with van der Waals surface area (Å²) in [6.07, 6.45) is 0. The second kappa shape index (κ2) is 7.85. The summed E-state index contributed by atoms with van der Waals surface area (Å²) < 4.78 is 36.7. The van der Waals surface area contributed by atoms with Crippen LogP contribution in [0.15, 0.2) is 29.2 Å². The Morgan fingerprint density at radius 3 is 2.45 bits per heavy atom. The van der Waals surface area contributed by atoms with Gasteiger partial charge in [-0.3, -0.25) is 9.69 Å². The van der Waals surface area contributed by atoms with Gasteiger partial charge >= 0.3 is 5.51 Å². The van der Waals surface area contributed by atoms with E-state index in [1.165, 1.54) is 24.3 Å². The summed E-state index contributed by atoms with van der Waals surface area (Å²) in [6, 6.07) is 5.44. The van der Waals surface area contributed by atoms with Crippen LogP contribution in [-0.2, 0) is 0 Å². The van der Waals surface area contributed by atoms with E-state index in [0.29, 0.717) is 12.1 Å². The summed E-state index contributed by atoms with van der Waals surface area (Å²) >= 11 is -0.186. The molecule has 2 N–H and O–H groups in total. The number of nitrogens with one attached hydrogen (secondary N) is 2. The van der Waals surface area contributed by atoms with E-state index in [2.05, 4.69) is 15.5 Å². The van der Waals surface area contributed by atoms with Crippen molar-refractivity contribution in [2.24, 2.45) is 0 Å². The van der Waals surface area contributed by atoms with Gasteiger partial charge in [0.15, 0.2) is 0 Å². The van der Waals surface area contributed by atoms with E-state index >= 15 is 0 Å². The van der Waals surface area contributed by atoms with Crippen molar-refractivity contribution in [3.8, 4) is 0 Å². The molecular formula is C14H18F3N3OS. The molecule has 0 atom stereocenters. The predicted molar refractivity (Wildman–Crippen MR) is 80.0 cm³/mol. The molecule has 1 saturated heterocycles. The lowest BCUT2D eigenvalue weighted by Crippen LogP contribution is -2.46. The maximum absolute atomic E-state index is 12.2. The Hall–Kier alpha value is -1.25. The summed E-state index contributed by atoms with van der Waals surface area (Å²) in [4.78, 5) is 14.2. The molecule has 8 heteroatoms. The van der Waals surface area contributed by atoms with Crippen LogP contribution in [0.3, 0.4) is 0 Å². The highest BCUT2D eigenvalue weighted by atomic mass is 32.2. The Balaban J connectivity index is 1.77. The van der Waals surface area contributed by atoms with Crippen LogP contribution in [0.25, 0.3) is 0 Å². The van der Waals surface area contributed by atoms with E-state index in [1.807, 2.05) is 0 Å². The topological polar surface area (TPSA) is 44.4 Å². The van der Waals surface area contributed by atoms with Gasteiger partial charge in [0.25, 0.3) is 5.91 Å². The van der Waals surface area contributed by atoms with Gasteiger partial charge in [0.1, 0.15) is 0 Å². The van der Waals surface area contributed by atoms with Crippen molar-refractivity contribution in [1.82, 2.24) is 15.5 Å². The first kappa shape index (κ1) is 17.1. The van der Waals surface area contributed by atoms with Crippen molar-refractivity contribution in [3.05, 3.63) is 29.8 Å². The summed E-state index contributed by atoms with van der Waals surface area (Å²) in [6.45, 7) is 5.12. The van der Waals surface area contributed by atoms with Gasteiger partial charge in [0, 0.05) is 49.7 Å². The van der Waals surface area contributed by atoms with E-state index in [-0.39, 0.29) is 22.6 Å². The average Bonchev–Trinajstić information content (AvgIpc) is 2.47. The van der Waals surface area contributed by atoms with Gasteiger partial charge in [-0.25, -0.2) is 0 Å². The Morgan fingerprint density at radius 1 is 1.23 bits per heavy atom. The number of amides is 1. The van der Waals surface area contributed by atoms with Gasteiger partial charge in [-0.15, -0.1) is 0 Å². The number of carbonyl (C=O) groups is 1. The number of piperazine rings is 1. The predicted octanol–water partition coefficient (Wildman–Crippen LogP) is 1.93. The van der Waals surface area contributed by atoms with Gasteiger partial charge in [0.2, 0.25) is 0 Å². The van der Waals surface area contributed by atoms with E-state index < -0.39 is 5.51 Å². The highest BCUT2D eigenvalue weighted by Gasteiger charge is 2.29. The third-order valence-electron chi connectivity index (χ3n) is 3.27. The van der Waals surface area contributed by atoms with Crippen molar-refractivity contribution >= 4 is 17.7 Å². The number of rotatable bonds is 5. The van der Waals surface area contributed by atoms with Crippen LogP contribution in [-0.4, -0.2) is 55.6 Å². The van der Waals surface area contributed by atoms with E-state index in [0.717, 1.165) is 32.7 Å². The number of hydrogen-bond donors (Lipinski definition) is 2. The molecule has 122 valence electrons. The van der Waals surface area contributed by atoms with Crippen LogP contribution in [0.4, 0.5) is 13.2 Å². The van der Waals surface area contributed by atoms with Crippen molar-refractivity contribution in [1.29, 1.82) is 0 Å². The minimum Gasteiger partial charge on any atom is -0.351 e. The third-order valence-corrected chi connectivity index (χ3v) is 4.01. The van der Waals surface area contributed by atoms with Gasteiger partial charge < -0.3 is 10.6 Å². The first-order valence-corrected chi connectivity index (χ1v) is 7.83. The molecule has 0 bridgehead atoms. The molecule has 0 aromatic heterocycles. The molecule has 0 unspecified atom stereocenters. The summed E-state index contributed by atoms with van der Waals surface area (Å²) in [5, 5.41) is 6.03. The van der Waals surface area contributed by atoms with Crippen LogP contribution in [0.2, 0.25) is 0 Å². The average molecular weight is 333 g/mol. The third kappa shape index (κ3) is 5.86. The van der Waals surface area contributed by atoms with Crippen LogP contribution in [0.1, 0.15) is 10.4 Å².